The first kappa shape index (κ1) is 11.9. The van der Waals surface area contributed by atoms with Crippen LogP contribution >= 0.6 is 0 Å². The highest BCUT2D eigenvalue weighted by Crippen LogP contribution is 2.31. The maximum atomic E-state index is 12.0. The molecule has 0 spiro atoms. The molecule has 4 heteroatoms. The lowest BCUT2D eigenvalue weighted by Crippen LogP contribution is -2.48. The van der Waals surface area contributed by atoms with E-state index in [1.54, 1.807) is 0 Å². The largest absolute Gasteiger partial charge is 0.399 e. The van der Waals surface area contributed by atoms with Gasteiger partial charge in [-0.25, -0.2) is 0 Å². The van der Waals surface area contributed by atoms with Crippen LogP contribution in [0.4, 0.5) is 11.4 Å². The summed E-state index contributed by atoms with van der Waals surface area (Å²) in [5.41, 5.74) is 8.37. The zero-order chi connectivity index (χ0) is 12.6. The minimum absolute atomic E-state index is 0.0986. The van der Waals surface area contributed by atoms with E-state index in [-0.39, 0.29) is 11.4 Å². The van der Waals surface area contributed by atoms with Crippen LogP contribution in [0.25, 0.3) is 0 Å². The molecule has 1 aromatic carbocycles. The Morgan fingerprint density at radius 1 is 1.47 bits per heavy atom. The topological polar surface area (TPSA) is 58.4 Å². The summed E-state index contributed by atoms with van der Waals surface area (Å²) in [6.45, 7) is 4.82. The lowest BCUT2D eigenvalue weighted by atomic mass is 10.1. The fourth-order valence-electron chi connectivity index (χ4n) is 2.05. The molecule has 17 heavy (non-hydrogen) atoms. The summed E-state index contributed by atoms with van der Waals surface area (Å²) in [7, 11) is 1.91. The number of nitrogens with two attached hydrogens (primary N) is 1. The van der Waals surface area contributed by atoms with Crippen LogP contribution in [0.2, 0.25) is 0 Å². The first-order chi connectivity index (χ1) is 7.93. The van der Waals surface area contributed by atoms with Crippen molar-refractivity contribution in [1.29, 1.82) is 0 Å². The predicted octanol–water partition coefficient (Wildman–Crippen LogP) is 1.16. The van der Waals surface area contributed by atoms with Crippen molar-refractivity contribution in [2.45, 2.75) is 25.8 Å². The Morgan fingerprint density at radius 2 is 2.18 bits per heavy atom. The first-order valence-corrected chi connectivity index (χ1v) is 5.80. The van der Waals surface area contributed by atoms with E-state index in [4.69, 9.17) is 5.73 Å². The van der Waals surface area contributed by atoms with Gasteiger partial charge in [-0.15, -0.1) is 0 Å². The molecular formula is C13H19N3O. The molecule has 1 heterocycles. The highest BCUT2D eigenvalue weighted by atomic mass is 16.2. The van der Waals surface area contributed by atoms with Crippen molar-refractivity contribution in [1.82, 2.24) is 5.32 Å². The van der Waals surface area contributed by atoms with Gasteiger partial charge in [0.2, 0.25) is 5.91 Å². The van der Waals surface area contributed by atoms with Crippen LogP contribution in [0.15, 0.2) is 18.2 Å². The number of nitrogen functional groups attached to an aromatic ring is 1. The SMILES string of the molecule is CNC(C)(C)CN1C(=O)Cc2cc(N)ccc21. The molecular weight excluding hydrogens is 214 g/mol. The molecule has 0 bridgehead atoms. The standard InChI is InChI=1S/C13H19N3O/c1-13(2,15-3)8-16-11-5-4-10(14)6-9(11)7-12(16)17/h4-6,15H,7-8,14H2,1-3H3. The third-order valence-electron chi connectivity index (χ3n) is 3.27. The summed E-state index contributed by atoms with van der Waals surface area (Å²) in [5.74, 6) is 0.147. The smallest absolute Gasteiger partial charge is 0.231 e. The molecule has 0 aromatic heterocycles. The minimum Gasteiger partial charge on any atom is -0.399 e. The molecule has 0 aliphatic carbocycles. The molecule has 0 fully saturated rings. The van der Waals surface area contributed by atoms with Crippen molar-refractivity contribution < 1.29 is 4.79 Å². The number of hydrogen-bond donors (Lipinski definition) is 2. The van der Waals surface area contributed by atoms with Crippen molar-refractivity contribution in [3.8, 4) is 0 Å². The molecule has 1 aliphatic rings. The monoisotopic (exact) mass is 233 g/mol. The summed E-state index contributed by atoms with van der Waals surface area (Å²) in [6.07, 6.45) is 0.458. The molecule has 92 valence electrons. The van der Waals surface area contributed by atoms with Gasteiger partial charge in [-0.2, -0.15) is 0 Å². The van der Waals surface area contributed by atoms with Crippen molar-refractivity contribution in [2.24, 2.45) is 0 Å². The number of nitrogens with one attached hydrogen (secondary N) is 1. The zero-order valence-corrected chi connectivity index (χ0v) is 10.6. The van der Waals surface area contributed by atoms with Gasteiger partial charge >= 0.3 is 0 Å². The Morgan fingerprint density at radius 3 is 2.82 bits per heavy atom. The molecule has 0 saturated carbocycles. The molecule has 1 amide bonds. The van der Waals surface area contributed by atoms with Crippen molar-refractivity contribution in [3.05, 3.63) is 23.8 Å². The van der Waals surface area contributed by atoms with Gasteiger partial charge in [0, 0.05) is 23.5 Å². The molecule has 0 unspecified atom stereocenters. The Bertz CT molecular complexity index is 454. The van der Waals surface area contributed by atoms with Crippen LogP contribution in [0.5, 0.6) is 0 Å². The summed E-state index contributed by atoms with van der Waals surface area (Å²) in [4.78, 5) is 13.8. The second kappa shape index (κ2) is 4.04. The predicted molar refractivity (Wildman–Crippen MR) is 70.1 cm³/mol. The fraction of sp³-hybridized carbons (Fsp3) is 0.462. The number of rotatable bonds is 3. The van der Waals surface area contributed by atoms with E-state index in [1.165, 1.54) is 0 Å². The van der Waals surface area contributed by atoms with Crippen LogP contribution in [0, 0.1) is 0 Å². The number of anilines is 2. The van der Waals surface area contributed by atoms with Gasteiger partial charge in [0.25, 0.3) is 0 Å². The van der Waals surface area contributed by atoms with E-state index in [2.05, 4.69) is 19.2 Å². The van der Waals surface area contributed by atoms with Crippen LogP contribution in [-0.4, -0.2) is 25.0 Å². The molecule has 3 N–H and O–H groups in total. The summed E-state index contributed by atoms with van der Waals surface area (Å²) in [6, 6.07) is 5.66. The molecule has 1 aromatic rings. The van der Waals surface area contributed by atoms with E-state index in [9.17, 15) is 4.79 Å². The summed E-state index contributed by atoms with van der Waals surface area (Å²) < 4.78 is 0. The summed E-state index contributed by atoms with van der Waals surface area (Å²) in [5, 5.41) is 3.21. The lowest BCUT2D eigenvalue weighted by molar-refractivity contribution is -0.117. The normalized spacial score (nSPS) is 15.2. The number of hydrogen-bond acceptors (Lipinski definition) is 3. The number of nitrogens with zero attached hydrogens (tertiary/aromatic N) is 1. The van der Waals surface area contributed by atoms with Gasteiger partial charge in [-0.05, 0) is 44.7 Å². The fourth-order valence-corrected chi connectivity index (χ4v) is 2.05. The molecule has 2 rings (SSSR count). The van der Waals surface area contributed by atoms with Crippen LogP contribution in [-0.2, 0) is 11.2 Å². The average Bonchev–Trinajstić information content (AvgIpc) is 2.54. The molecule has 0 saturated heterocycles. The Labute approximate surface area is 102 Å². The van der Waals surface area contributed by atoms with Crippen molar-refractivity contribution in [3.63, 3.8) is 0 Å². The van der Waals surface area contributed by atoms with Gasteiger partial charge < -0.3 is 16.0 Å². The van der Waals surface area contributed by atoms with Gasteiger partial charge in [0.05, 0.1) is 6.42 Å². The Balaban J connectivity index is 2.29. The second-order valence-corrected chi connectivity index (χ2v) is 5.18. The number of carbonyl (C=O) groups excluding carboxylic acids is 1. The molecule has 4 nitrogen and oxygen atoms in total. The van der Waals surface area contributed by atoms with Crippen LogP contribution < -0.4 is 16.0 Å². The maximum absolute atomic E-state index is 12.0. The number of amides is 1. The molecule has 0 atom stereocenters. The minimum atomic E-state index is -0.0986. The molecule has 0 radical (unpaired) electrons. The van der Waals surface area contributed by atoms with E-state index in [1.807, 2.05) is 30.1 Å². The van der Waals surface area contributed by atoms with E-state index < -0.39 is 0 Å². The van der Waals surface area contributed by atoms with Gasteiger partial charge in [-0.1, -0.05) is 0 Å². The number of fused-ring (bicyclic) bond motifs is 1. The third-order valence-corrected chi connectivity index (χ3v) is 3.27. The van der Waals surface area contributed by atoms with Crippen LogP contribution in [0.1, 0.15) is 19.4 Å². The first-order valence-electron chi connectivity index (χ1n) is 5.80. The highest BCUT2D eigenvalue weighted by Gasteiger charge is 2.31. The Hall–Kier alpha value is -1.55. The lowest BCUT2D eigenvalue weighted by Gasteiger charge is -2.30. The third kappa shape index (κ3) is 2.26. The molecule has 1 aliphatic heterocycles. The number of likely N-dealkylation sites (N-methyl/N-ethyl adjacent to an activating group) is 1. The average molecular weight is 233 g/mol. The number of carbonyl (C=O) groups is 1. The van der Waals surface area contributed by atoms with Crippen molar-refractivity contribution >= 4 is 17.3 Å². The zero-order valence-electron chi connectivity index (χ0n) is 10.6. The van der Waals surface area contributed by atoms with Gasteiger partial charge in [-0.3, -0.25) is 4.79 Å². The summed E-state index contributed by atoms with van der Waals surface area (Å²) >= 11 is 0. The number of benzene rings is 1. The van der Waals surface area contributed by atoms with Crippen molar-refractivity contribution in [2.75, 3.05) is 24.2 Å². The second-order valence-electron chi connectivity index (χ2n) is 5.18. The van der Waals surface area contributed by atoms with Gasteiger partial charge in [0.1, 0.15) is 0 Å². The van der Waals surface area contributed by atoms with E-state index >= 15 is 0 Å². The van der Waals surface area contributed by atoms with E-state index in [0.29, 0.717) is 18.7 Å². The van der Waals surface area contributed by atoms with Crippen LogP contribution in [0.3, 0.4) is 0 Å². The highest BCUT2D eigenvalue weighted by molar-refractivity contribution is 6.01. The Kier molecular flexibility index (Phi) is 2.83. The quantitative estimate of drug-likeness (QED) is 0.770. The van der Waals surface area contributed by atoms with Gasteiger partial charge in [0.15, 0.2) is 0 Å². The maximum Gasteiger partial charge on any atom is 0.231 e. The van der Waals surface area contributed by atoms with E-state index in [0.717, 1.165) is 11.3 Å².